The Morgan fingerprint density at radius 1 is 1.35 bits per heavy atom. The molecule has 1 aliphatic carbocycles. The molecule has 1 aliphatic heterocycles. The number of benzene rings is 1. The van der Waals surface area contributed by atoms with Gasteiger partial charge in [-0.2, -0.15) is 5.26 Å². The van der Waals surface area contributed by atoms with E-state index in [4.69, 9.17) is 16.3 Å². The van der Waals surface area contributed by atoms with Gasteiger partial charge in [-0.05, 0) is 51.7 Å². The average Bonchev–Trinajstić information content (AvgIpc) is 3.10. The summed E-state index contributed by atoms with van der Waals surface area (Å²) >= 11 is 6.28. The van der Waals surface area contributed by atoms with Crippen LogP contribution in [0.3, 0.4) is 0 Å². The van der Waals surface area contributed by atoms with E-state index < -0.39 is 35.2 Å². The Bertz CT molecular complexity index is 1020. The van der Waals surface area contributed by atoms with Crippen molar-refractivity contribution in [3.63, 3.8) is 0 Å². The SMILES string of the molecule is CCC1(OC(=O)C2=C(C)NC(C)=C(C(=O)O)C2c2c(F)cccc2Cl)CCCC1C#N. The van der Waals surface area contributed by atoms with Gasteiger partial charge < -0.3 is 15.2 Å². The highest BCUT2D eigenvalue weighted by atomic mass is 35.5. The van der Waals surface area contributed by atoms with Crippen LogP contribution in [0.15, 0.2) is 40.7 Å². The summed E-state index contributed by atoms with van der Waals surface area (Å²) < 4.78 is 20.8. The van der Waals surface area contributed by atoms with Gasteiger partial charge in [0, 0.05) is 22.0 Å². The Labute approximate surface area is 185 Å². The maximum atomic E-state index is 14.9. The fourth-order valence-corrected chi connectivity index (χ4v) is 4.98. The third kappa shape index (κ3) is 3.92. The Hall–Kier alpha value is -2.85. The smallest absolute Gasteiger partial charge is 0.337 e. The summed E-state index contributed by atoms with van der Waals surface area (Å²) in [4.78, 5) is 25.6. The molecule has 31 heavy (non-hydrogen) atoms. The highest BCUT2D eigenvalue weighted by Crippen LogP contribution is 2.46. The number of aliphatic carboxylic acids is 1. The number of carboxylic acid groups (broad SMARTS) is 1. The Morgan fingerprint density at radius 3 is 2.61 bits per heavy atom. The Balaban J connectivity index is 2.15. The molecule has 1 heterocycles. The van der Waals surface area contributed by atoms with Gasteiger partial charge in [0.1, 0.15) is 11.4 Å². The predicted octanol–water partition coefficient (Wildman–Crippen LogP) is 4.81. The van der Waals surface area contributed by atoms with E-state index in [1.807, 2.05) is 6.92 Å². The topological polar surface area (TPSA) is 99.4 Å². The number of nitriles is 1. The van der Waals surface area contributed by atoms with E-state index in [0.717, 1.165) is 6.42 Å². The molecule has 2 N–H and O–H groups in total. The maximum Gasteiger partial charge on any atom is 0.337 e. The van der Waals surface area contributed by atoms with Crippen LogP contribution in [0, 0.1) is 23.1 Å². The molecular weight excluding hydrogens is 423 g/mol. The summed E-state index contributed by atoms with van der Waals surface area (Å²) in [5.41, 5.74) is -0.615. The minimum absolute atomic E-state index is 0.0116. The van der Waals surface area contributed by atoms with Crippen LogP contribution in [0.1, 0.15) is 57.9 Å². The van der Waals surface area contributed by atoms with Crippen molar-refractivity contribution >= 4 is 23.5 Å². The number of nitrogens with zero attached hydrogens (tertiary/aromatic N) is 1. The standard InChI is InChI=1S/C23H24ClFN2O4/c1-4-23(10-6-7-14(23)11-26)31-22(30)18-13(3)27-12(2)17(21(28)29)20(18)19-15(24)8-5-9-16(19)25/h5,8-9,14,20,27H,4,6-7,10H2,1-3H3,(H,28,29). The van der Waals surface area contributed by atoms with Gasteiger partial charge in [-0.1, -0.05) is 24.6 Å². The monoisotopic (exact) mass is 446 g/mol. The fourth-order valence-electron chi connectivity index (χ4n) is 4.71. The molecule has 0 amide bonds. The molecule has 3 unspecified atom stereocenters. The van der Waals surface area contributed by atoms with Gasteiger partial charge >= 0.3 is 11.9 Å². The second-order valence-electron chi connectivity index (χ2n) is 7.96. The van der Waals surface area contributed by atoms with Crippen molar-refractivity contribution in [3.8, 4) is 6.07 Å². The van der Waals surface area contributed by atoms with Crippen molar-refractivity contribution in [1.82, 2.24) is 5.32 Å². The van der Waals surface area contributed by atoms with E-state index >= 15 is 0 Å². The lowest BCUT2D eigenvalue weighted by Crippen LogP contribution is -2.40. The van der Waals surface area contributed by atoms with E-state index in [1.54, 1.807) is 13.8 Å². The minimum atomic E-state index is -1.30. The van der Waals surface area contributed by atoms with Crippen molar-refractivity contribution in [2.24, 2.45) is 5.92 Å². The zero-order valence-corrected chi connectivity index (χ0v) is 18.3. The lowest BCUT2D eigenvalue weighted by Gasteiger charge is -2.35. The number of nitrogens with one attached hydrogen (secondary N) is 1. The fraction of sp³-hybridized carbons (Fsp3) is 0.435. The van der Waals surface area contributed by atoms with Crippen LogP contribution in [-0.4, -0.2) is 22.6 Å². The molecule has 3 atom stereocenters. The van der Waals surface area contributed by atoms with Gasteiger partial charge in [0.15, 0.2) is 0 Å². The summed E-state index contributed by atoms with van der Waals surface area (Å²) in [6.07, 6.45) is 2.36. The van der Waals surface area contributed by atoms with Crippen LogP contribution >= 0.6 is 11.6 Å². The molecule has 1 fully saturated rings. The van der Waals surface area contributed by atoms with Crippen LogP contribution in [0.2, 0.25) is 5.02 Å². The summed E-state index contributed by atoms with van der Waals surface area (Å²) in [6.45, 7) is 5.00. The summed E-state index contributed by atoms with van der Waals surface area (Å²) in [5.74, 6) is -4.50. The highest BCUT2D eigenvalue weighted by Gasteiger charge is 2.48. The van der Waals surface area contributed by atoms with Crippen LogP contribution in [0.4, 0.5) is 4.39 Å². The van der Waals surface area contributed by atoms with Crippen molar-refractivity contribution in [2.75, 3.05) is 0 Å². The summed E-state index contributed by atoms with van der Waals surface area (Å²) in [5, 5.41) is 22.4. The van der Waals surface area contributed by atoms with Crippen molar-refractivity contribution < 1.29 is 23.8 Å². The second-order valence-corrected chi connectivity index (χ2v) is 8.36. The molecule has 3 rings (SSSR count). The van der Waals surface area contributed by atoms with Crippen molar-refractivity contribution in [3.05, 3.63) is 57.1 Å². The molecule has 0 radical (unpaired) electrons. The van der Waals surface area contributed by atoms with Gasteiger partial charge in [-0.15, -0.1) is 0 Å². The molecule has 1 aromatic rings. The number of carbonyl (C=O) groups excluding carboxylic acids is 1. The molecule has 164 valence electrons. The number of esters is 1. The number of hydrogen-bond donors (Lipinski definition) is 2. The minimum Gasteiger partial charge on any atom is -0.478 e. The highest BCUT2D eigenvalue weighted by molar-refractivity contribution is 6.31. The van der Waals surface area contributed by atoms with Crippen LogP contribution in [-0.2, 0) is 14.3 Å². The Kier molecular flexibility index (Phi) is 6.42. The lowest BCUT2D eigenvalue weighted by molar-refractivity contribution is -0.158. The first-order chi connectivity index (χ1) is 14.7. The molecule has 1 saturated carbocycles. The Morgan fingerprint density at radius 2 is 2.03 bits per heavy atom. The normalized spacial score (nSPS) is 25.8. The van der Waals surface area contributed by atoms with Gasteiger partial charge in [-0.25, -0.2) is 14.0 Å². The number of carbonyl (C=O) groups is 2. The second kappa shape index (κ2) is 8.72. The van der Waals surface area contributed by atoms with E-state index in [2.05, 4.69) is 11.4 Å². The number of allylic oxidation sites excluding steroid dienone is 2. The number of dihydropyridines is 1. The number of ether oxygens (including phenoxy) is 1. The van der Waals surface area contributed by atoms with Gasteiger partial charge in [0.25, 0.3) is 0 Å². The molecule has 6 nitrogen and oxygen atoms in total. The van der Waals surface area contributed by atoms with Gasteiger partial charge in [-0.3, -0.25) is 0 Å². The quantitative estimate of drug-likeness (QED) is 0.629. The zero-order valence-electron chi connectivity index (χ0n) is 17.6. The molecule has 0 saturated heterocycles. The van der Waals surface area contributed by atoms with Gasteiger partial charge in [0.05, 0.1) is 29.1 Å². The van der Waals surface area contributed by atoms with E-state index in [1.165, 1.54) is 18.2 Å². The van der Waals surface area contributed by atoms with E-state index in [0.29, 0.717) is 25.0 Å². The predicted molar refractivity (Wildman–Crippen MR) is 112 cm³/mol. The van der Waals surface area contributed by atoms with Crippen molar-refractivity contribution in [1.29, 1.82) is 5.26 Å². The molecule has 1 aromatic carbocycles. The van der Waals surface area contributed by atoms with Crippen LogP contribution in [0.25, 0.3) is 0 Å². The zero-order chi connectivity index (χ0) is 22.9. The number of rotatable bonds is 5. The lowest BCUT2D eigenvalue weighted by atomic mass is 9.80. The number of carboxylic acids is 1. The molecule has 0 aromatic heterocycles. The van der Waals surface area contributed by atoms with E-state index in [-0.39, 0.29) is 27.4 Å². The first-order valence-corrected chi connectivity index (χ1v) is 10.5. The van der Waals surface area contributed by atoms with Crippen molar-refractivity contribution in [2.45, 2.75) is 58.0 Å². The first kappa shape index (κ1) is 22.8. The number of halogens is 2. The largest absolute Gasteiger partial charge is 0.478 e. The molecule has 0 bridgehead atoms. The van der Waals surface area contributed by atoms with Crippen LogP contribution < -0.4 is 5.32 Å². The first-order valence-electron chi connectivity index (χ1n) is 10.2. The third-order valence-electron chi connectivity index (χ3n) is 6.28. The average molecular weight is 447 g/mol. The molecule has 8 heteroatoms. The summed E-state index contributed by atoms with van der Waals surface area (Å²) in [7, 11) is 0. The van der Waals surface area contributed by atoms with E-state index in [9.17, 15) is 24.3 Å². The molecule has 0 spiro atoms. The third-order valence-corrected chi connectivity index (χ3v) is 6.61. The van der Waals surface area contributed by atoms with Gasteiger partial charge in [0.2, 0.25) is 0 Å². The van der Waals surface area contributed by atoms with Crippen LogP contribution in [0.5, 0.6) is 0 Å². The number of hydrogen-bond acceptors (Lipinski definition) is 5. The maximum absolute atomic E-state index is 14.9. The molecule has 2 aliphatic rings. The molecular formula is C23H24ClFN2O4. The summed E-state index contributed by atoms with van der Waals surface area (Å²) in [6, 6.07) is 6.26.